The third-order valence-corrected chi connectivity index (χ3v) is 5.74. The van der Waals surface area contributed by atoms with E-state index in [-0.39, 0.29) is 16.9 Å². The molecule has 0 fully saturated rings. The molecule has 140 valence electrons. The molecule has 2 N–H and O–H groups in total. The van der Waals surface area contributed by atoms with Crippen molar-refractivity contribution in [3.05, 3.63) is 59.7 Å². The summed E-state index contributed by atoms with van der Waals surface area (Å²) < 4.78 is 25.1. The maximum Gasteiger partial charge on any atom is 0.335 e. The number of nitrogens with one attached hydrogen (secondary N) is 1. The molecule has 8 heteroatoms. The summed E-state index contributed by atoms with van der Waals surface area (Å²) >= 11 is 0. The quantitative estimate of drug-likeness (QED) is 0.754. The number of hydrogen-bond acceptors (Lipinski definition) is 5. The summed E-state index contributed by atoms with van der Waals surface area (Å²) in [4.78, 5) is 23.4. The van der Waals surface area contributed by atoms with E-state index in [0.717, 1.165) is 5.56 Å². The minimum absolute atomic E-state index is 0.0588. The Morgan fingerprint density at radius 1 is 1.11 bits per heavy atom. The van der Waals surface area contributed by atoms with Crippen LogP contribution < -0.4 is 5.32 Å². The Bertz CT molecular complexity index is 974. The summed E-state index contributed by atoms with van der Waals surface area (Å²) in [5.41, 5.74) is 1.29. The summed E-state index contributed by atoms with van der Waals surface area (Å²) in [6.07, 6.45) is -0.260. The van der Waals surface area contributed by atoms with E-state index in [2.05, 4.69) is 5.32 Å². The highest BCUT2D eigenvalue weighted by molar-refractivity contribution is 7.91. The standard InChI is InChI=1S/C19H18N2O5S/c1-13-2-8-17(9-3-13)27(25,26)12-15(10-11-20)18(22)21-16-6-4-14(5-7-16)19(23)24/h2-9,15H,10,12H2,1H3,(H,21,22)(H,23,24)/t15-/m1/s1. The zero-order valence-electron chi connectivity index (χ0n) is 14.5. The van der Waals surface area contributed by atoms with Crippen LogP contribution in [0, 0.1) is 24.2 Å². The van der Waals surface area contributed by atoms with Crippen molar-refractivity contribution in [2.75, 3.05) is 11.1 Å². The predicted octanol–water partition coefficient (Wildman–Crippen LogP) is 2.64. The second-order valence-corrected chi connectivity index (χ2v) is 8.06. The summed E-state index contributed by atoms with van der Waals surface area (Å²) in [6, 6.07) is 13.5. The molecule has 0 aliphatic heterocycles. The zero-order valence-corrected chi connectivity index (χ0v) is 15.4. The molecular weight excluding hydrogens is 368 g/mol. The van der Waals surface area contributed by atoms with Gasteiger partial charge in [-0.3, -0.25) is 4.79 Å². The number of carboxylic acid groups (broad SMARTS) is 1. The topological polar surface area (TPSA) is 124 Å². The maximum absolute atomic E-state index is 12.6. The fraction of sp³-hybridized carbons (Fsp3) is 0.211. The number of carboxylic acids is 1. The number of aryl methyl sites for hydroxylation is 1. The van der Waals surface area contributed by atoms with Crippen LogP contribution in [0.5, 0.6) is 0 Å². The average molecular weight is 386 g/mol. The molecule has 0 aliphatic carbocycles. The van der Waals surface area contributed by atoms with E-state index in [0.29, 0.717) is 5.69 Å². The van der Waals surface area contributed by atoms with E-state index >= 15 is 0 Å². The van der Waals surface area contributed by atoms with Gasteiger partial charge in [-0.15, -0.1) is 0 Å². The first-order valence-corrected chi connectivity index (χ1v) is 9.69. The number of benzene rings is 2. The van der Waals surface area contributed by atoms with Crippen molar-refractivity contribution in [3.63, 3.8) is 0 Å². The van der Waals surface area contributed by atoms with Gasteiger partial charge in [-0.2, -0.15) is 5.26 Å². The van der Waals surface area contributed by atoms with E-state index in [1.807, 2.05) is 13.0 Å². The molecule has 0 saturated carbocycles. The van der Waals surface area contributed by atoms with Crippen LogP contribution in [0.1, 0.15) is 22.3 Å². The normalized spacial score (nSPS) is 12.0. The highest BCUT2D eigenvalue weighted by atomic mass is 32.2. The molecule has 1 amide bonds. The van der Waals surface area contributed by atoms with Crippen LogP contribution in [0.3, 0.4) is 0 Å². The summed E-state index contributed by atoms with van der Waals surface area (Å²) in [6.45, 7) is 1.83. The average Bonchev–Trinajstić information content (AvgIpc) is 2.62. The van der Waals surface area contributed by atoms with Crippen molar-refractivity contribution < 1.29 is 23.1 Å². The van der Waals surface area contributed by atoms with Gasteiger partial charge in [0.2, 0.25) is 5.91 Å². The number of nitriles is 1. The fourth-order valence-electron chi connectivity index (χ4n) is 2.38. The summed E-state index contributed by atoms with van der Waals surface area (Å²) in [7, 11) is -3.74. The molecule has 0 heterocycles. The van der Waals surface area contributed by atoms with Crippen molar-refractivity contribution in [2.45, 2.75) is 18.2 Å². The first-order chi connectivity index (χ1) is 12.7. The molecule has 27 heavy (non-hydrogen) atoms. The fourth-order valence-corrected chi connectivity index (χ4v) is 3.93. The van der Waals surface area contributed by atoms with Gasteiger partial charge in [0.25, 0.3) is 0 Å². The monoisotopic (exact) mass is 386 g/mol. The third-order valence-electron chi connectivity index (χ3n) is 3.91. The number of hydrogen-bond donors (Lipinski definition) is 2. The SMILES string of the molecule is Cc1ccc(S(=O)(=O)C[C@@H](CC#N)C(=O)Nc2ccc(C(=O)O)cc2)cc1. The largest absolute Gasteiger partial charge is 0.478 e. The molecule has 2 aromatic carbocycles. The molecule has 0 unspecified atom stereocenters. The second kappa shape index (κ2) is 8.47. The number of sulfone groups is 1. The molecule has 7 nitrogen and oxygen atoms in total. The van der Waals surface area contributed by atoms with Crippen LogP contribution in [0.25, 0.3) is 0 Å². The minimum Gasteiger partial charge on any atom is -0.478 e. The molecule has 0 aliphatic rings. The van der Waals surface area contributed by atoms with Gasteiger partial charge in [-0.05, 0) is 43.3 Å². The molecule has 0 saturated heterocycles. The van der Waals surface area contributed by atoms with E-state index in [1.54, 1.807) is 12.1 Å². The third kappa shape index (κ3) is 5.39. The van der Waals surface area contributed by atoms with Crippen molar-refractivity contribution in [1.29, 1.82) is 5.26 Å². The van der Waals surface area contributed by atoms with Gasteiger partial charge in [-0.25, -0.2) is 13.2 Å². The maximum atomic E-state index is 12.6. The highest BCUT2D eigenvalue weighted by Gasteiger charge is 2.27. The van der Waals surface area contributed by atoms with E-state index in [4.69, 9.17) is 10.4 Å². The number of nitrogens with zero attached hydrogens (tertiary/aromatic N) is 1. The molecule has 1 atom stereocenters. The molecular formula is C19H18N2O5S. The van der Waals surface area contributed by atoms with E-state index in [9.17, 15) is 18.0 Å². The van der Waals surface area contributed by atoms with Crippen molar-refractivity contribution in [1.82, 2.24) is 0 Å². The first-order valence-electron chi connectivity index (χ1n) is 8.03. The first kappa shape index (κ1) is 20.1. The van der Waals surface area contributed by atoms with Crippen LogP contribution in [0.15, 0.2) is 53.4 Å². The van der Waals surface area contributed by atoms with Gasteiger partial charge >= 0.3 is 5.97 Å². The Balaban J connectivity index is 2.15. The van der Waals surface area contributed by atoms with Crippen LogP contribution in [0.2, 0.25) is 0 Å². The zero-order chi connectivity index (χ0) is 20.0. The van der Waals surface area contributed by atoms with Crippen LogP contribution in [-0.4, -0.2) is 31.2 Å². The van der Waals surface area contributed by atoms with Gasteiger partial charge in [0.1, 0.15) is 0 Å². The van der Waals surface area contributed by atoms with Crippen LogP contribution in [-0.2, 0) is 14.6 Å². The molecule has 0 radical (unpaired) electrons. The Labute approximate surface area is 157 Å². The van der Waals surface area contributed by atoms with Gasteiger partial charge in [-0.1, -0.05) is 17.7 Å². The number of aromatic carboxylic acids is 1. The Kier molecular flexibility index (Phi) is 6.32. The lowest BCUT2D eigenvalue weighted by Crippen LogP contribution is -2.29. The smallest absolute Gasteiger partial charge is 0.335 e. The number of rotatable bonds is 7. The van der Waals surface area contributed by atoms with Gasteiger partial charge in [0, 0.05) is 12.1 Å². The van der Waals surface area contributed by atoms with E-state index in [1.165, 1.54) is 36.4 Å². The summed E-state index contributed by atoms with van der Waals surface area (Å²) in [5, 5.41) is 20.4. The van der Waals surface area contributed by atoms with E-state index < -0.39 is 33.4 Å². The Morgan fingerprint density at radius 2 is 1.70 bits per heavy atom. The lowest BCUT2D eigenvalue weighted by Gasteiger charge is -2.15. The lowest BCUT2D eigenvalue weighted by molar-refractivity contribution is -0.119. The summed E-state index contributed by atoms with van der Waals surface area (Å²) in [5.74, 6) is -3.27. The molecule has 0 bridgehead atoms. The van der Waals surface area contributed by atoms with Crippen LogP contribution in [0.4, 0.5) is 5.69 Å². The number of amides is 1. The molecule has 2 rings (SSSR count). The van der Waals surface area contributed by atoms with Crippen LogP contribution >= 0.6 is 0 Å². The Hall–Kier alpha value is -3.18. The molecule has 0 spiro atoms. The highest BCUT2D eigenvalue weighted by Crippen LogP contribution is 2.19. The number of carbonyl (C=O) groups is 2. The lowest BCUT2D eigenvalue weighted by atomic mass is 10.1. The predicted molar refractivity (Wildman–Crippen MR) is 99.0 cm³/mol. The minimum atomic E-state index is -3.74. The number of anilines is 1. The molecule has 2 aromatic rings. The second-order valence-electron chi connectivity index (χ2n) is 6.03. The van der Waals surface area contributed by atoms with Gasteiger partial charge < -0.3 is 10.4 Å². The van der Waals surface area contributed by atoms with Crippen molar-refractivity contribution in [3.8, 4) is 6.07 Å². The number of carbonyl (C=O) groups excluding carboxylic acids is 1. The van der Waals surface area contributed by atoms with Gasteiger partial charge in [0.15, 0.2) is 9.84 Å². The van der Waals surface area contributed by atoms with Crippen molar-refractivity contribution in [2.24, 2.45) is 5.92 Å². The van der Waals surface area contributed by atoms with Crippen molar-refractivity contribution >= 4 is 27.4 Å². The Morgan fingerprint density at radius 3 is 2.22 bits per heavy atom. The molecule has 0 aromatic heterocycles. The van der Waals surface area contributed by atoms with Gasteiger partial charge in [0.05, 0.1) is 28.2 Å².